The number of carbonyl (C=O) groups excluding carboxylic acids is 2. The molecule has 158 valence electrons. The lowest BCUT2D eigenvalue weighted by molar-refractivity contribution is -0.383. The SMILES string of the molecule is Cc1ccc(Oc2ccccc2NC(=O)COC(=O)c2ccc(N)c([N+](=O)[O-])c2)cc1. The fourth-order valence-corrected chi connectivity index (χ4v) is 2.62. The van der Waals surface area contributed by atoms with Gasteiger partial charge in [-0.05, 0) is 43.3 Å². The van der Waals surface area contributed by atoms with Gasteiger partial charge in [-0.1, -0.05) is 29.8 Å². The Kier molecular flexibility index (Phi) is 6.46. The molecule has 1 amide bonds. The normalized spacial score (nSPS) is 10.2. The zero-order valence-electron chi connectivity index (χ0n) is 16.5. The first-order valence-electron chi connectivity index (χ1n) is 9.18. The summed E-state index contributed by atoms with van der Waals surface area (Å²) in [7, 11) is 0. The number of nitrogens with one attached hydrogen (secondary N) is 1. The number of anilines is 2. The Balaban J connectivity index is 1.62. The minimum Gasteiger partial charge on any atom is -0.455 e. The molecule has 3 rings (SSSR count). The van der Waals surface area contributed by atoms with Gasteiger partial charge in [0.05, 0.1) is 16.2 Å². The third kappa shape index (κ3) is 5.57. The number of nitrogens with two attached hydrogens (primary N) is 1. The first kappa shape index (κ1) is 21.3. The molecule has 0 aliphatic rings. The van der Waals surface area contributed by atoms with Crippen molar-refractivity contribution in [1.82, 2.24) is 0 Å². The highest BCUT2D eigenvalue weighted by molar-refractivity contribution is 5.96. The monoisotopic (exact) mass is 421 g/mol. The van der Waals surface area contributed by atoms with Crippen molar-refractivity contribution in [1.29, 1.82) is 0 Å². The number of carbonyl (C=O) groups is 2. The fraction of sp³-hybridized carbons (Fsp3) is 0.0909. The minimum absolute atomic E-state index is 0.0792. The van der Waals surface area contributed by atoms with Gasteiger partial charge in [-0.3, -0.25) is 14.9 Å². The molecule has 3 N–H and O–H groups in total. The molecule has 0 saturated carbocycles. The Morgan fingerprint density at radius 3 is 2.48 bits per heavy atom. The predicted molar refractivity (Wildman–Crippen MR) is 114 cm³/mol. The Bertz CT molecular complexity index is 1130. The first-order valence-corrected chi connectivity index (χ1v) is 9.18. The molecule has 0 saturated heterocycles. The smallest absolute Gasteiger partial charge is 0.338 e. The molecule has 0 aromatic heterocycles. The molecule has 0 fully saturated rings. The van der Waals surface area contributed by atoms with E-state index >= 15 is 0 Å². The molecule has 9 nitrogen and oxygen atoms in total. The average Bonchev–Trinajstić information content (AvgIpc) is 2.75. The van der Waals surface area contributed by atoms with E-state index in [1.54, 1.807) is 24.3 Å². The molecule has 0 heterocycles. The van der Waals surface area contributed by atoms with Gasteiger partial charge in [0.25, 0.3) is 11.6 Å². The van der Waals surface area contributed by atoms with Crippen LogP contribution in [0.3, 0.4) is 0 Å². The summed E-state index contributed by atoms with van der Waals surface area (Å²) >= 11 is 0. The second-order valence-electron chi connectivity index (χ2n) is 6.57. The van der Waals surface area contributed by atoms with Gasteiger partial charge >= 0.3 is 5.97 Å². The molecule has 0 bridgehead atoms. The predicted octanol–water partition coefficient (Wildman–Crippen LogP) is 4.07. The molecule has 0 aliphatic carbocycles. The summed E-state index contributed by atoms with van der Waals surface area (Å²) in [6, 6.07) is 17.7. The van der Waals surface area contributed by atoms with Gasteiger partial charge in [-0.2, -0.15) is 0 Å². The highest BCUT2D eigenvalue weighted by Gasteiger charge is 2.18. The van der Waals surface area contributed by atoms with E-state index in [1.807, 2.05) is 31.2 Å². The maximum atomic E-state index is 12.3. The highest BCUT2D eigenvalue weighted by Crippen LogP contribution is 2.29. The summed E-state index contributed by atoms with van der Waals surface area (Å²) in [5.41, 5.74) is 6.41. The van der Waals surface area contributed by atoms with Crippen molar-refractivity contribution >= 4 is 28.9 Å². The van der Waals surface area contributed by atoms with Gasteiger partial charge in [0.1, 0.15) is 11.4 Å². The third-order valence-corrected chi connectivity index (χ3v) is 4.21. The molecule has 0 radical (unpaired) electrons. The number of hydrogen-bond acceptors (Lipinski definition) is 7. The van der Waals surface area contributed by atoms with Crippen LogP contribution < -0.4 is 15.8 Å². The van der Waals surface area contributed by atoms with E-state index in [0.717, 1.165) is 11.6 Å². The number of amides is 1. The second kappa shape index (κ2) is 9.40. The maximum absolute atomic E-state index is 12.3. The van der Waals surface area contributed by atoms with Crippen molar-refractivity contribution in [3.05, 3.63) is 88.0 Å². The molecular formula is C22H19N3O6. The second-order valence-corrected chi connectivity index (χ2v) is 6.57. The minimum atomic E-state index is -0.887. The van der Waals surface area contributed by atoms with Crippen molar-refractivity contribution in [2.45, 2.75) is 6.92 Å². The van der Waals surface area contributed by atoms with E-state index in [4.69, 9.17) is 15.2 Å². The number of aryl methyl sites for hydroxylation is 1. The van der Waals surface area contributed by atoms with E-state index in [0.29, 0.717) is 17.2 Å². The first-order chi connectivity index (χ1) is 14.8. The van der Waals surface area contributed by atoms with Crippen molar-refractivity contribution < 1.29 is 24.0 Å². The zero-order chi connectivity index (χ0) is 22.4. The Labute approximate surface area is 177 Å². The van der Waals surface area contributed by atoms with E-state index in [1.165, 1.54) is 12.1 Å². The number of nitrogens with zero attached hydrogens (tertiary/aromatic N) is 1. The van der Waals surface area contributed by atoms with Crippen LogP contribution in [-0.2, 0) is 9.53 Å². The Morgan fingerprint density at radius 1 is 1.06 bits per heavy atom. The molecule has 3 aromatic rings. The molecule has 0 atom stereocenters. The maximum Gasteiger partial charge on any atom is 0.338 e. The van der Waals surface area contributed by atoms with E-state index < -0.39 is 29.1 Å². The molecule has 0 spiro atoms. The Morgan fingerprint density at radius 2 is 1.77 bits per heavy atom. The Hall–Kier alpha value is -4.40. The summed E-state index contributed by atoms with van der Waals surface area (Å²) in [6.45, 7) is 1.37. The topological polar surface area (TPSA) is 134 Å². The number of nitro benzene ring substituents is 1. The molecule has 9 heteroatoms. The highest BCUT2D eigenvalue weighted by atomic mass is 16.6. The number of esters is 1. The van der Waals surface area contributed by atoms with Crippen LogP contribution in [0.1, 0.15) is 15.9 Å². The lowest BCUT2D eigenvalue weighted by Gasteiger charge is -2.12. The van der Waals surface area contributed by atoms with Crippen molar-refractivity contribution in [3.63, 3.8) is 0 Å². The number of nitrogen functional groups attached to an aromatic ring is 1. The van der Waals surface area contributed by atoms with Gasteiger partial charge in [-0.25, -0.2) is 4.79 Å². The molecule has 3 aromatic carbocycles. The van der Waals surface area contributed by atoms with E-state index in [2.05, 4.69) is 5.32 Å². The van der Waals surface area contributed by atoms with Gasteiger partial charge in [0.2, 0.25) is 0 Å². The fourth-order valence-electron chi connectivity index (χ4n) is 2.62. The number of para-hydroxylation sites is 2. The van der Waals surface area contributed by atoms with Crippen LogP contribution in [-0.4, -0.2) is 23.4 Å². The summed E-state index contributed by atoms with van der Waals surface area (Å²) in [6.07, 6.45) is 0. The van der Waals surface area contributed by atoms with Crippen molar-refractivity contribution in [3.8, 4) is 11.5 Å². The van der Waals surface area contributed by atoms with Gasteiger partial charge in [0, 0.05) is 6.07 Å². The summed E-state index contributed by atoms with van der Waals surface area (Å²) < 4.78 is 10.8. The summed E-state index contributed by atoms with van der Waals surface area (Å²) in [4.78, 5) is 34.6. The lowest BCUT2D eigenvalue weighted by Crippen LogP contribution is -2.21. The van der Waals surface area contributed by atoms with Gasteiger partial charge < -0.3 is 20.5 Å². The van der Waals surface area contributed by atoms with Crippen molar-refractivity contribution in [2.75, 3.05) is 17.7 Å². The van der Waals surface area contributed by atoms with Crippen LogP contribution in [0.4, 0.5) is 17.1 Å². The molecule has 31 heavy (non-hydrogen) atoms. The van der Waals surface area contributed by atoms with Crippen LogP contribution in [0.25, 0.3) is 0 Å². The van der Waals surface area contributed by atoms with Crippen LogP contribution in [0, 0.1) is 17.0 Å². The van der Waals surface area contributed by atoms with Crippen LogP contribution in [0.15, 0.2) is 66.7 Å². The largest absolute Gasteiger partial charge is 0.455 e. The number of benzene rings is 3. The third-order valence-electron chi connectivity index (χ3n) is 4.21. The zero-order valence-corrected chi connectivity index (χ0v) is 16.5. The summed E-state index contributed by atoms with van der Waals surface area (Å²) in [5, 5.41) is 13.6. The van der Waals surface area contributed by atoms with E-state index in [9.17, 15) is 19.7 Å². The van der Waals surface area contributed by atoms with Crippen LogP contribution >= 0.6 is 0 Å². The average molecular weight is 421 g/mol. The standard InChI is InChI=1S/C22H19N3O6/c1-14-6-9-16(10-7-14)31-20-5-3-2-4-18(20)24-21(26)13-30-22(27)15-8-11-17(23)19(12-15)25(28)29/h2-12H,13,23H2,1H3,(H,24,26). The van der Waals surface area contributed by atoms with Crippen LogP contribution in [0.2, 0.25) is 0 Å². The molecular weight excluding hydrogens is 402 g/mol. The molecule has 0 aliphatic heterocycles. The lowest BCUT2D eigenvalue weighted by atomic mass is 10.2. The summed E-state index contributed by atoms with van der Waals surface area (Å²) in [5.74, 6) is -0.468. The van der Waals surface area contributed by atoms with Gasteiger partial charge in [0.15, 0.2) is 12.4 Å². The number of ether oxygens (including phenoxy) is 2. The number of rotatable bonds is 7. The van der Waals surface area contributed by atoms with Crippen LogP contribution in [0.5, 0.6) is 11.5 Å². The number of hydrogen-bond donors (Lipinski definition) is 2. The molecule has 0 unspecified atom stereocenters. The van der Waals surface area contributed by atoms with Crippen molar-refractivity contribution in [2.24, 2.45) is 0 Å². The van der Waals surface area contributed by atoms with E-state index in [-0.39, 0.29) is 11.3 Å². The number of nitro groups is 1. The quantitative estimate of drug-likeness (QED) is 0.254. The van der Waals surface area contributed by atoms with Gasteiger partial charge in [-0.15, -0.1) is 0 Å².